The Balaban J connectivity index is 1.81. The third kappa shape index (κ3) is 1.97. The SMILES string of the molecule is NC(C1=NCNc2[nH]ccc21)C1CCCCC1. The Morgan fingerprint density at radius 1 is 1.29 bits per heavy atom. The Hall–Kier alpha value is -1.29. The summed E-state index contributed by atoms with van der Waals surface area (Å²) in [5.41, 5.74) is 8.68. The zero-order chi connectivity index (χ0) is 11.7. The first-order valence-corrected chi connectivity index (χ1v) is 6.58. The molecule has 0 amide bonds. The molecule has 1 saturated carbocycles. The lowest BCUT2D eigenvalue weighted by molar-refractivity contribution is 0.341. The van der Waals surface area contributed by atoms with E-state index in [0.717, 1.165) is 17.1 Å². The normalized spacial score (nSPS) is 22.5. The molecule has 0 spiro atoms. The molecule has 1 aromatic rings. The number of nitrogens with one attached hydrogen (secondary N) is 2. The van der Waals surface area contributed by atoms with E-state index in [-0.39, 0.29) is 6.04 Å². The Morgan fingerprint density at radius 3 is 2.94 bits per heavy atom. The number of aromatic amines is 1. The van der Waals surface area contributed by atoms with E-state index in [9.17, 15) is 0 Å². The van der Waals surface area contributed by atoms with Crippen LogP contribution in [-0.2, 0) is 0 Å². The second kappa shape index (κ2) is 4.53. The molecular formula is C13H20N4. The molecule has 0 bridgehead atoms. The van der Waals surface area contributed by atoms with Crippen molar-refractivity contribution >= 4 is 11.5 Å². The van der Waals surface area contributed by atoms with Crippen LogP contribution in [0.2, 0.25) is 0 Å². The number of nitrogens with zero attached hydrogens (tertiary/aromatic N) is 1. The molecule has 2 heterocycles. The summed E-state index contributed by atoms with van der Waals surface area (Å²) in [7, 11) is 0. The van der Waals surface area contributed by atoms with E-state index in [1.54, 1.807) is 0 Å². The van der Waals surface area contributed by atoms with Gasteiger partial charge < -0.3 is 16.0 Å². The summed E-state index contributed by atoms with van der Waals surface area (Å²) in [6.07, 6.45) is 8.48. The van der Waals surface area contributed by atoms with Crippen LogP contribution in [0.3, 0.4) is 0 Å². The first-order chi connectivity index (χ1) is 8.36. The van der Waals surface area contributed by atoms with Crippen molar-refractivity contribution in [2.24, 2.45) is 16.6 Å². The maximum atomic E-state index is 6.42. The molecule has 4 heteroatoms. The van der Waals surface area contributed by atoms with E-state index in [1.807, 2.05) is 6.20 Å². The molecule has 3 rings (SSSR count). The van der Waals surface area contributed by atoms with Gasteiger partial charge in [0.1, 0.15) is 12.5 Å². The van der Waals surface area contributed by atoms with E-state index in [1.165, 1.54) is 32.1 Å². The highest BCUT2D eigenvalue weighted by Gasteiger charge is 2.28. The van der Waals surface area contributed by atoms with Crippen LogP contribution in [-0.4, -0.2) is 23.4 Å². The number of aliphatic imine (C=N–C) groups is 1. The number of nitrogens with two attached hydrogens (primary N) is 1. The molecule has 1 fully saturated rings. The van der Waals surface area contributed by atoms with Crippen LogP contribution < -0.4 is 11.1 Å². The highest BCUT2D eigenvalue weighted by molar-refractivity contribution is 6.09. The summed E-state index contributed by atoms with van der Waals surface area (Å²) in [6, 6.07) is 2.18. The molecule has 17 heavy (non-hydrogen) atoms. The summed E-state index contributed by atoms with van der Waals surface area (Å²) in [5, 5.41) is 3.23. The van der Waals surface area contributed by atoms with E-state index < -0.39 is 0 Å². The summed E-state index contributed by atoms with van der Waals surface area (Å²) in [4.78, 5) is 7.78. The van der Waals surface area contributed by atoms with Crippen molar-refractivity contribution < 1.29 is 0 Å². The molecule has 0 radical (unpaired) electrons. The summed E-state index contributed by atoms with van der Waals surface area (Å²) in [6.45, 7) is 0.642. The van der Waals surface area contributed by atoms with Crippen LogP contribution in [0.25, 0.3) is 0 Å². The number of hydrogen-bond acceptors (Lipinski definition) is 3. The van der Waals surface area contributed by atoms with Gasteiger partial charge in [0.25, 0.3) is 0 Å². The van der Waals surface area contributed by atoms with Crippen molar-refractivity contribution in [1.82, 2.24) is 4.98 Å². The lowest BCUT2D eigenvalue weighted by atomic mass is 9.81. The Labute approximate surface area is 102 Å². The molecular weight excluding hydrogens is 212 g/mol. The summed E-state index contributed by atoms with van der Waals surface area (Å²) < 4.78 is 0. The lowest BCUT2D eigenvalue weighted by Gasteiger charge is -2.30. The third-order valence-electron chi connectivity index (χ3n) is 4.00. The maximum Gasteiger partial charge on any atom is 0.113 e. The molecule has 1 aliphatic heterocycles. The zero-order valence-corrected chi connectivity index (χ0v) is 10.1. The van der Waals surface area contributed by atoms with Gasteiger partial charge in [-0.25, -0.2) is 0 Å². The van der Waals surface area contributed by atoms with E-state index in [2.05, 4.69) is 21.4 Å². The number of anilines is 1. The molecule has 1 aliphatic carbocycles. The van der Waals surface area contributed by atoms with Crippen LogP contribution in [0.4, 0.5) is 5.82 Å². The molecule has 4 nitrogen and oxygen atoms in total. The minimum Gasteiger partial charge on any atom is -0.352 e. The van der Waals surface area contributed by atoms with Gasteiger partial charge in [-0.1, -0.05) is 19.3 Å². The summed E-state index contributed by atoms with van der Waals surface area (Å²) in [5.74, 6) is 1.68. The fourth-order valence-corrected chi connectivity index (χ4v) is 3.02. The molecule has 0 aromatic carbocycles. The number of hydrogen-bond donors (Lipinski definition) is 3. The topological polar surface area (TPSA) is 66.2 Å². The minimum atomic E-state index is 0.104. The largest absolute Gasteiger partial charge is 0.352 e. The zero-order valence-electron chi connectivity index (χ0n) is 10.1. The molecule has 92 valence electrons. The molecule has 2 aliphatic rings. The monoisotopic (exact) mass is 232 g/mol. The van der Waals surface area contributed by atoms with Gasteiger partial charge in [-0.15, -0.1) is 0 Å². The molecule has 1 unspecified atom stereocenters. The average molecular weight is 232 g/mol. The minimum absolute atomic E-state index is 0.104. The predicted octanol–water partition coefficient (Wildman–Crippen LogP) is 2.09. The van der Waals surface area contributed by atoms with Gasteiger partial charge in [-0.3, -0.25) is 4.99 Å². The molecule has 4 N–H and O–H groups in total. The highest BCUT2D eigenvalue weighted by Crippen LogP contribution is 2.29. The molecule has 1 aromatic heterocycles. The molecule has 0 saturated heterocycles. The van der Waals surface area contributed by atoms with E-state index in [0.29, 0.717) is 12.6 Å². The van der Waals surface area contributed by atoms with Crippen LogP contribution in [0.5, 0.6) is 0 Å². The number of aromatic nitrogens is 1. The number of rotatable bonds is 2. The van der Waals surface area contributed by atoms with Crippen molar-refractivity contribution in [2.75, 3.05) is 12.0 Å². The standard InChI is InChI=1S/C13H20N4/c14-11(9-4-2-1-3-5-9)12-10-6-7-15-13(10)17-8-16-12/h6-7,9,11,15,17H,1-5,8,14H2. The second-order valence-corrected chi connectivity index (χ2v) is 5.07. The van der Waals surface area contributed by atoms with Crippen LogP contribution >= 0.6 is 0 Å². The van der Waals surface area contributed by atoms with Crippen molar-refractivity contribution in [3.63, 3.8) is 0 Å². The van der Waals surface area contributed by atoms with E-state index in [4.69, 9.17) is 5.73 Å². The van der Waals surface area contributed by atoms with Crippen LogP contribution in [0.15, 0.2) is 17.3 Å². The number of fused-ring (bicyclic) bond motifs is 1. The summed E-state index contributed by atoms with van der Waals surface area (Å²) >= 11 is 0. The van der Waals surface area contributed by atoms with Crippen molar-refractivity contribution in [1.29, 1.82) is 0 Å². The first-order valence-electron chi connectivity index (χ1n) is 6.58. The van der Waals surface area contributed by atoms with Crippen LogP contribution in [0.1, 0.15) is 37.7 Å². The van der Waals surface area contributed by atoms with Crippen molar-refractivity contribution in [3.05, 3.63) is 17.8 Å². The second-order valence-electron chi connectivity index (χ2n) is 5.07. The van der Waals surface area contributed by atoms with Gasteiger partial charge in [-0.2, -0.15) is 0 Å². The fourth-order valence-electron chi connectivity index (χ4n) is 3.02. The van der Waals surface area contributed by atoms with E-state index >= 15 is 0 Å². The average Bonchev–Trinajstić information content (AvgIpc) is 2.87. The van der Waals surface area contributed by atoms with Gasteiger partial charge in [0.2, 0.25) is 0 Å². The van der Waals surface area contributed by atoms with Crippen LogP contribution in [0, 0.1) is 5.92 Å². The highest BCUT2D eigenvalue weighted by atomic mass is 15.1. The quantitative estimate of drug-likeness (QED) is 0.731. The van der Waals surface area contributed by atoms with Gasteiger partial charge >= 0.3 is 0 Å². The maximum absolute atomic E-state index is 6.42. The molecule has 1 atom stereocenters. The smallest absolute Gasteiger partial charge is 0.113 e. The lowest BCUT2D eigenvalue weighted by Crippen LogP contribution is -2.41. The van der Waals surface area contributed by atoms with Crippen molar-refractivity contribution in [3.8, 4) is 0 Å². The third-order valence-corrected chi connectivity index (χ3v) is 4.00. The number of H-pyrrole nitrogens is 1. The first kappa shape index (κ1) is 10.8. The van der Waals surface area contributed by atoms with Crippen molar-refractivity contribution in [2.45, 2.75) is 38.1 Å². The fraction of sp³-hybridized carbons (Fsp3) is 0.615. The van der Waals surface area contributed by atoms with Gasteiger partial charge in [0.15, 0.2) is 0 Å². The Morgan fingerprint density at radius 2 is 2.12 bits per heavy atom. The Kier molecular flexibility index (Phi) is 2.89. The predicted molar refractivity (Wildman–Crippen MR) is 70.4 cm³/mol. The van der Waals surface area contributed by atoms with Gasteiger partial charge in [0.05, 0.1) is 11.8 Å². The Bertz CT molecular complexity index is 415. The van der Waals surface area contributed by atoms with Gasteiger partial charge in [0, 0.05) is 11.8 Å². The van der Waals surface area contributed by atoms with Gasteiger partial charge in [-0.05, 0) is 24.8 Å².